The van der Waals surface area contributed by atoms with Crippen molar-refractivity contribution in [3.05, 3.63) is 5.01 Å². The first-order valence-corrected chi connectivity index (χ1v) is 9.14. The van der Waals surface area contributed by atoms with Gasteiger partial charge >= 0.3 is 0 Å². The van der Waals surface area contributed by atoms with Gasteiger partial charge in [-0.1, -0.05) is 11.3 Å². The molecule has 4 rings (SSSR count). The molecule has 1 saturated heterocycles. The standard InChI is InChI=1S/C15H20FN5O2S/c16-14(3-1-4-14)12(23)18-8-9-2-7-21(15(9)5-6-15)13-20-19-11(24-13)10(17)22/h9H,1-8H2,(H2,17,22)(H,18,23). The van der Waals surface area contributed by atoms with E-state index in [1.54, 1.807) is 0 Å². The van der Waals surface area contributed by atoms with Gasteiger partial charge in [-0.25, -0.2) is 4.39 Å². The summed E-state index contributed by atoms with van der Waals surface area (Å²) in [7, 11) is 0. The van der Waals surface area contributed by atoms with Gasteiger partial charge in [-0.05, 0) is 38.5 Å². The Hall–Kier alpha value is -1.77. The van der Waals surface area contributed by atoms with Gasteiger partial charge in [-0.3, -0.25) is 9.59 Å². The summed E-state index contributed by atoms with van der Waals surface area (Å²) in [6.07, 6.45) is 4.39. The molecule has 2 aliphatic carbocycles. The molecule has 0 aromatic carbocycles. The normalized spacial score (nSPS) is 26.2. The zero-order valence-electron chi connectivity index (χ0n) is 13.3. The van der Waals surface area contributed by atoms with E-state index in [4.69, 9.17) is 5.73 Å². The van der Waals surface area contributed by atoms with Gasteiger partial charge in [0, 0.05) is 24.5 Å². The molecule has 1 aliphatic heterocycles. The lowest BCUT2D eigenvalue weighted by molar-refractivity contribution is -0.138. The molecule has 9 heteroatoms. The number of halogens is 1. The summed E-state index contributed by atoms with van der Waals surface area (Å²) in [6.45, 7) is 1.29. The van der Waals surface area contributed by atoms with Crippen molar-refractivity contribution in [3.63, 3.8) is 0 Å². The Morgan fingerprint density at radius 3 is 2.62 bits per heavy atom. The molecule has 1 aromatic rings. The zero-order valence-corrected chi connectivity index (χ0v) is 14.1. The highest BCUT2D eigenvalue weighted by atomic mass is 32.1. The number of carbonyl (C=O) groups is 2. The quantitative estimate of drug-likeness (QED) is 0.822. The number of nitrogens with two attached hydrogens (primary N) is 1. The molecule has 0 radical (unpaired) electrons. The monoisotopic (exact) mass is 353 g/mol. The number of anilines is 1. The molecular weight excluding hydrogens is 333 g/mol. The average Bonchev–Trinajstić information content (AvgIpc) is 3.01. The SMILES string of the molecule is NC(=O)c1nnc(N2CCC(CNC(=O)C3(F)CCC3)C23CC3)s1. The third-order valence-electron chi connectivity index (χ3n) is 5.68. The van der Waals surface area contributed by atoms with Crippen LogP contribution in [0.1, 0.15) is 48.3 Å². The molecule has 1 spiro atoms. The molecule has 7 nitrogen and oxygen atoms in total. The van der Waals surface area contributed by atoms with Gasteiger partial charge in [0.25, 0.3) is 11.8 Å². The van der Waals surface area contributed by atoms with Gasteiger partial charge in [0.1, 0.15) is 0 Å². The number of hydrogen-bond donors (Lipinski definition) is 2. The fraction of sp³-hybridized carbons (Fsp3) is 0.733. The minimum Gasteiger partial charge on any atom is -0.363 e. The van der Waals surface area contributed by atoms with Crippen molar-refractivity contribution >= 4 is 28.3 Å². The number of nitrogens with one attached hydrogen (secondary N) is 1. The molecule has 0 bridgehead atoms. The number of nitrogens with zero attached hydrogens (tertiary/aromatic N) is 3. The fourth-order valence-electron chi connectivity index (χ4n) is 3.89. The van der Waals surface area contributed by atoms with Crippen LogP contribution in [0.15, 0.2) is 0 Å². The van der Waals surface area contributed by atoms with Gasteiger partial charge in [0.05, 0.1) is 0 Å². The number of aromatic nitrogens is 2. The minimum absolute atomic E-state index is 0.0369. The van der Waals surface area contributed by atoms with Crippen LogP contribution in [0.5, 0.6) is 0 Å². The zero-order chi connectivity index (χ0) is 16.9. The van der Waals surface area contributed by atoms with E-state index in [1.165, 1.54) is 11.3 Å². The van der Waals surface area contributed by atoms with Crippen LogP contribution in [0.3, 0.4) is 0 Å². The highest BCUT2D eigenvalue weighted by Gasteiger charge is 2.58. The predicted molar refractivity (Wildman–Crippen MR) is 86.5 cm³/mol. The van der Waals surface area contributed by atoms with E-state index in [9.17, 15) is 14.0 Å². The maximum Gasteiger partial charge on any atom is 0.279 e. The predicted octanol–water partition coefficient (Wildman–Crippen LogP) is 1.00. The summed E-state index contributed by atoms with van der Waals surface area (Å²) in [5, 5.41) is 11.7. The molecule has 1 aromatic heterocycles. The van der Waals surface area contributed by atoms with Gasteiger partial charge in [0.15, 0.2) is 5.67 Å². The Bertz CT molecular complexity index is 685. The second-order valence-electron chi connectivity index (χ2n) is 7.02. The molecule has 3 N–H and O–H groups in total. The van der Waals surface area contributed by atoms with Crippen molar-refractivity contribution in [1.82, 2.24) is 15.5 Å². The van der Waals surface area contributed by atoms with Crippen LogP contribution in [-0.2, 0) is 4.79 Å². The smallest absolute Gasteiger partial charge is 0.279 e. The first-order valence-electron chi connectivity index (χ1n) is 8.33. The number of carbonyl (C=O) groups excluding carboxylic acids is 2. The van der Waals surface area contributed by atoms with Crippen LogP contribution in [0.4, 0.5) is 9.52 Å². The lowest BCUT2D eigenvalue weighted by Gasteiger charge is -2.33. The van der Waals surface area contributed by atoms with E-state index in [0.29, 0.717) is 24.5 Å². The van der Waals surface area contributed by atoms with Gasteiger partial charge in [0.2, 0.25) is 10.1 Å². The molecule has 2 saturated carbocycles. The van der Waals surface area contributed by atoms with E-state index >= 15 is 0 Å². The number of primary amides is 1. The number of rotatable bonds is 5. The van der Waals surface area contributed by atoms with Gasteiger partial charge in [-0.15, -0.1) is 10.2 Å². The molecule has 1 atom stereocenters. The van der Waals surface area contributed by atoms with Crippen molar-refractivity contribution in [1.29, 1.82) is 0 Å². The maximum absolute atomic E-state index is 14.1. The van der Waals surface area contributed by atoms with E-state index in [0.717, 1.165) is 32.2 Å². The van der Waals surface area contributed by atoms with E-state index in [1.807, 2.05) is 0 Å². The summed E-state index contributed by atoms with van der Waals surface area (Å²) >= 11 is 1.21. The lowest BCUT2D eigenvalue weighted by Crippen LogP contribution is -2.50. The van der Waals surface area contributed by atoms with Crippen molar-refractivity contribution in [3.8, 4) is 0 Å². The van der Waals surface area contributed by atoms with Crippen LogP contribution < -0.4 is 16.0 Å². The van der Waals surface area contributed by atoms with Crippen molar-refractivity contribution in [2.24, 2.45) is 11.7 Å². The summed E-state index contributed by atoms with van der Waals surface area (Å²) in [4.78, 5) is 25.4. The molecule has 3 aliphatic rings. The third-order valence-corrected chi connectivity index (χ3v) is 6.64. The Balaban J connectivity index is 1.42. The van der Waals surface area contributed by atoms with Gasteiger partial charge < -0.3 is 16.0 Å². The maximum atomic E-state index is 14.1. The second kappa shape index (κ2) is 5.37. The van der Waals surface area contributed by atoms with E-state index < -0.39 is 17.5 Å². The largest absolute Gasteiger partial charge is 0.363 e. The first-order chi connectivity index (χ1) is 11.4. The van der Waals surface area contributed by atoms with Crippen molar-refractivity contribution in [2.75, 3.05) is 18.0 Å². The Morgan fingerprint density at radius 2 is 2.08 bits per heavy atom. The lowest BCUT2D eigenvalue weighted by atomic mass is 9.81. The topological polar surface area (TPSA) is 101 Å². The van der Waals surface area contributed by atoms with Crippen LogP contribution in [0.25, 0.3) is 0 Å². The summed E-state index contributed by atoms with van der Waals surface area (Å²) in [5.74, 6) is -0.763. The first kappa shape index (κ1) is 15.7. The summed E-state index contributed by atoms with van der Waals surface area (Å²) in [5.41, 5.74) is 3.56. The third kappa shape index (κ3) is 2.37. The molecule has 2 heterocycles. The van der Waals surface area contributed by atoms with E-state index in [-0.39, 0.29) is 16.5 Å². The van der Waals surface area contributed by atoms with Crippen LogP contribution in [0, 0.1) is 5.92 Å². The second-order valence-corrected chi connectivity index (χ2v) is 7.98. The fourth-order valence-corrected chi connectivity index (χ4v) is 4.71. The number of hydrogen-bond acceptors (Lipinski definition) is 6. The Labute approximate surface area is 142 Å². The number of alkyl halides is 1. The van der Waals surface area contributed by atoms with Crippen LogP contribution >= 0.6 is 11.3 Å². The van der Waals surface area contributed by atoms with Gasteiger partial charge in [-0.2, -0.15) is 0 Å². The molecule has 3 fully saturated rings. The van der Waals surface area contributed by atoms with Crippen molar-refractivity contribution in [2.45, 2.75) is 49.7 Å². The minimum atomic E-state index is -1.65. The highest BCUT2D eigenvalue weighted by molar-refractivity contribution is 7.17. The average molecular weight is 353 g/mol. The Morgan fingerprint density at radius 1 is 1.33 bits per heavy atom. The molecule has 24 heavy (non-hydrogen) atoms. The van der Waals surface area contributed by atoms with Crippen LogP contribution in [0.2, 0.25) is 0 Å². The van der Waals surface area contributed by atoms with Crippen molar-refractivity contribution < 1.29 is 14.0 Å². The van der Waals surface area contributed by atoms with Crippen LogP contribution in [-0.4, -0.2) is 46.3 Å². The summed E-state index contributed by atoms with van der Waals surface area (Å²) in [6, 6.07) is 0. The molecule has 2 amide bonds. The molecular formula is C15H20FN5O2S. The highest BCUT2D eigenvalue weighted by Crippen LogP contribution is 2.55. The molecule has 130 valence electrons. The number of amides is 2. The summed E-state index contributed by atoms with van der Waals surface area (Å²) < 4.78 is 14.1. The Kier molecular flexibility index (Phi) is 3.52. The molecule has 1 unspecified atom stereocenters. The van der Waals surface area contributed by atoms with E-state index in [2.05, 4.69) is 20.4 Å².